The second kappa shape index (κ2) is 18.5. The van der Waals surface area contributed by atoms with E-state index in [0.29, 0.717) is 0 Å². The average Bonchev–Trinajstić information content (AvgIpc) is 1.79. The van der Waals surface area contributed by atoms with Crippen LogP contribution in [0.3, 0.4) is 0 Å². The summed E-state index contributed by atoms with van der Waals surface area (Å²) < 4.78 is 0. The van der Waals surface area contributed by atoms with Gasteiger partial charge in [0.25, 0.3) is 0 Å². The first-order valence-electron chi connectivity index (χ1n) is 3.51. The zero-order valence-corrected chi connectivity index (χ0v) is 19.0. The summed E-state index contributed by atoms with van der Waals surface area (Å²) in [7, 11) is 17.7. The van der Waals surface area contributed by atoms with Crippen LogP contribution in [0, 0.1) is 26.7 Å². The van der Waals surface area contributed by atoms with Crippen molar-refractivity contribution in [3.05, 3.63) is 26.7 Å². The number of halogens is 4. The fourth-order valence-corrected chi connectivity index (χ4v) is 0. The summed E-state index contributed by atoms with van der Waals surface area (Å²) >= 11 is -0.778. The van der Waals surface area contributed by atoms with E-state index in [2.05, 4.69) is 53.3 Å². The molecule has 0 aliphatic heterocycles. The van der Waals surface area contributed by atoms with Crippen LogP contribution in [-0.2, 0) is 35.2 Å². The first-order valence-corrected chi connectivity index (χ1v) is 20.4. The van der Waals surface area contributed by atoms with Crippen molar-refractivity contribution in [3.8, 4) is 0 Å². The normalized spacial score (nSPS) is 10.2. The maximum absolute atomic E-state index is 4.86. The van der Waals surface area contributed by atoms with Crippen LogP contribution < -0.4 is 0 Å². The van der Waals surface area contributed by atoms with E-state index in [1.807, 2.05) is 0 Å². The Morgan fingerprint density at radius 2 is 0.625 bits per heavy atom. The van der Waals surface area contributed by atoms with Gasteiger partial charge in [-0.15, -0.1) is 0 Å². The van der Waals surface area contributed by atoms with E-state index in [1.165, 1.54) is 0 Å². The summed E-state index contributed by atoms with van der Waals surface area (Å²) in [6.07, 6.45) is 0. The van der Waals surface area contributed by atoms with Gasteiger partial charge in [0, 0.05) is 0 Å². The predicted octanol–water partition coefficient (Wildman–Crippen LogP) is 6.45. The van der Waals surface area contributed by atoms with E-state index in [-0.39, 0.29) is 35.2 Å². The van der Waals surface area contributed by atoms with Gasteiger partial charge in [0.2, 0.25) is 0 Å². The van der Waals surface area contributed by atoms with E-state index in [9.17, 15) is 0 Å². The van der Waals surface area contributed by atoms with Crippen molar-refractivity contribution in [2.45, 2.75) is 0 Å². The minimum absolute atomic E-state index is 0.389. The molecule has 0 rings (SSSR count). The van der Waals surface area contributed by atoms with Crippen LogP contribution in [-0.4, -0.2) is 26.7 Å². The van der Waals surface area contributed by atoms with Gasteiger partial charge in [0.15, 0.2) is 0 Å². The molecule has 8 heteroatoms. The third kappa shape index (κ3) is 389. The number of hydrogen-bond donors (Lipinski definition) is 0. The fraction of sp³-hybridized carbons (Fsp3) is 0.500. The van der Waals surface area contributed by atoms with Crippen LogP contribution in [0.2, 0.25) is 0 Å². The Bertz CT molecular complexity index is 89.6. The Balaban J connectivity index is -0.0000000621. The van der Waals surface area contributed by atoms with Crippen molar-refractivity contribution in [1.82, 2.24) is 0 Å². The summed E-state index contributed by atoms with van der Waals surface area (Å²) in [5.74, 6) is 0. The first-order chi connectivity index (χ1) is 6.83. The maximum atomic E-state index is 4.86. The van der Waals surface area contributed by atoms with Crippen molar-refractivity contribution in [3.63, 3.8) is 0 Å². The molecule has 0 fully saturated rings. The Morgan fingerprint density at radius 3 is 0.625 bits per heavy atom. The molecule has 0 nitrogen and oxygen atoms in total. The van der Waals surface area contributed by atoms with Crippen molar-refractivity contribution in [1.29, 1.82) is 0 Å². The SMILES string of the molecule is [CH2-][P+]([CH2-])(C)C.[CH2-][P+]([CH2-])(C)C.[Cl][Au-][Cl].[Cl][Au-][Cl]. The zero-order chi connectivity index (χ0) is 14.4. The van der Waals surface area contributed by atoms with Crippen LogP contribution in [0.25, 0.3) is 0 Å². The van der Waals surface area contributed by atoms with Crippen molar-refractivity contribution >= 4 is 51.3 Å². The molecule has 0 atom stereocenters. The van der Waals surface area contributed by atoms with E-state index >= 15 is 0 Å². The van der Waals surface area contributed by atoms with Gasteiger partial charge in [-0.25, -0.2) is 26.7 Å². The van der Waals surface area contributed by atoms with E-state index in [1.54, 1.807) is 0 Å². The standard InChI is InChI=1S/2C4H10P.2Au.4ClH/c2*1-5(2,3)4;;;;;;/h2*1-2H2,3-4H3;;;4*1H/q2*-1;2*+1;;;;/p-4. The summed E-state index contributed by atoms with van der Waals surface area (Å²) in [5, 5.41) is 0. The van der Waals surface area contributed by atoms with Crippen LogP contribution in [0.15, 0.2) is 0 Å². The van der Waals surface area contributed by atoms with E-state index in [4.69, 9.17) is 36.8 Å². The molecule has 0 N–H and O–H groups in total. The van der Waals surface area contributed by atoms with Crippen molar-refractivity contribution in [2.24, 2.45) is 0 Å². The van der Waals surface area contributed by atoms with Crippen LogP contribution in [0.5, 0.6) is 0 Å². The molecular weight excluding hydrogens is 694 g/mol. The summed E-state index contributed by atoms with van der Waals surface area (Å²) in [6, 6.07) is 0. The van der Waals surface area contributed by atoms with Crippen LogP contribution >= 0.6 is 51.3 Å². The predicted molar refractivity (Wildman–Crippen MR) is 82.4 cm³/mol. The van der Waals surface area contributed by atoms with Gasteiger partial charge in [-0.2, -0.15) is 0 Å². The molecule has 0 aromatic rings. The molecule has 0 aromatic carbocycles. The van der Waals surface area contributed by atoms with Gasteiger partial charge >= 0.3 is 71.9 Å². The van der Waals surface area contributed by atoms with E-state index in [0.717, 1.165) is 0 Å². The Kier molecular flexibility index (Phi) is 32.1. The van der Waals surface area contributed by atoms with Crippen molar-refractivity contribution < 1.29 is 35.2 Å². The molecular formula is C8H20Au2Cl4P2-4. The summed E-state index contributed by atoms with van der Waals surface area (Å²) in [5.41, 5.74) is 0. The zero-order valence-electron chi connectivity index (χ0n) is 9.84. The molecule has 0 amide bonds. The molecule has 0 radical (unpaired) electrons. The number of hydrogen-bond acceptors (Lipinski definition) is 0. The molecule has 0 saturated heterocycles. The topological polar surface area (TPSA) is 0 Å². The summed E-state index contributed by atoms with van der Waals surface area (Å²) in [4.78, 5) is 0. The molecule has 0 saturated carbocycles. The first kappa shape index (κ1) is 27.8. The fourth-order valence-electron chi connectivity index (χ4n) is 0. The molecule has 0 aliphatic rings. The Morgan fingerprint density at radius 1 is 0.625 bits per heavy atom. The average molecular weight is 714 g/mol. The van der Waals surface area contributed by atoms with Gasteiger partial charge in [0.1, 0.15) is 0 Å². The molecule has 0 heterocycles. The van der Waals surface area contributed by atoms with Gasteiger partial charge in [-0.1, -0.05) is 0 Å². The molecule has 16 heavy (non-hydrogen) atoms. The van der Waals surface area contributed by atoms with Gasteiger partial charge < -0.3 is 0 Å². The molecule has 0 spiro atoms. The van der Waals surface area contributed by atoms with Crippen LogP contribution in [0.4, 0.5) is 0 Å². The molecule has 116 valence electrons. The summed E-state index contributed by atoms with van der Waals surface area (Å²) in [6.45, 7) is 23.4. The monoisotopic (exact) mass is 712 g/mol. The van der Waals surface area contributed by atoms with Gasteiger partial charge in [-0.05, 0) is 26.7 Å². The number of rotatable bonds is 0. The van der Waals surface area contributed by atoms with E-state index < -0.39 is 14.5 Å². The van der Waals surface area contributed by atoms with Gasteiger partial charge in [-0.3, -0.25) is 14.5 Å². The molecule has 0 aromatic heterocycles. The third-order valence-corrected chi connectivity index (χ3v) is 0. The van der Waals surface area contributed by atoms with Crippen LogP contribution in [0.1, 0.15) is 0 Å². The third-order valence-electron chi connectivity index (χ3n) is 0. The molecule has 0 unspecified atom stereocenters. The molecule has 0 aliphatic carbocycles. The second-order valence-corrected chi connectivity index (χ2v) is 18.0. The Hall–Kier alpha value is 3.50. The van der Waals surface area contributed by atoms with Crippen molar-refractivity contribution in [2.75, 3.05) is 26.7 Å². The molecule has 0 bridgehead atoms. The quantitative estimate of drug-likeness (QED) is 0.154. The Labute approximate surface area is 138 Å². The van der Waals surface area contributed by atoms with Gasteiger partial charge in [0.05, 0.1) is 0 Å². The minimum atomic E-state index is -0.889. The second-order valence-electron chi connectivity index (χ2n) is 3.96.